The molecule has 2 aromatic carbocycles. The van der Waals surface area contributed by atoms with Crippen molar-refractivity contribution in [2.45, 2.75) is 6.54 Å². The third-order valence-electron chi connectivity index (χ3n) is 4.40. The number of imidazole rings is 1. The number of nitrogens with zero attached hydrogens (tertiary/aromatic N) is 2. The van der Waals surface area contributed by atoms with Gasteiger partial charge in [0.2, 0.25) is 0 Å². The summed E-state index contributed by atoms with van der Waals surface area (Å²) in [5.74, 6) is -0.737. The van der Waals surface area contributed by atoms with Gasteiger partial charge in [0.05, 0.1) is 35.1 Å². The third-order valence-corrected chi connectivity index (χ3v) is 4.40. The van der Waals surface area contributed by atoms with Crippen molar-refractivity contribution in [2.24, 2.45) is 0 Å². The van der Waals surface area contributed by atoms with Crippen LogP contribution in [0, 0.1) is 5.82 Å². The number of carbonyl (C=O) groups excluding carboxylic acids is 1. The Labute approximate surface area is 158 Å². The van der Waals surface area contributed by atoms with Gasteiger partial charge in [0.1, 0.15) is 5.82 Å². The molecule has 0 fully saturated rings. The normalized spacial score (nSPS) is 10.9. The van der Waals surface area contributed by atoms with Crippen LogP contribution < -0.4 is 16.7 Å². The second-order valence-corrected chi connectivity index (χ2v) is 6.29. The lowest BCUT2D eigenvalue weighted by molar-refractivity contribution is 0.102. The first-order valence-corrected chi connectivity index (χ1v) is 8.49. The molecule has 4 aromatic rings. The average molecular weight is 377 g/mol. The van der Waals surface area contributed by atoms with Gasteiger partial charge < -0.3 is 16.0 Å². The second-order valence-electron chi connectivity index (χ2n) is 6.29. The zero-order valence-electron chi connectivity index (χ0n) is 14.6. The number of nitrogen functional groups attached to an aromatic ring is 1. The van der Waals surface area contributed by atoms with Crippen LogP contribution in [-0.4, -0.2) is 20.4 Å². The number of halogens is 1. The van der Waals surface area contributed by atoms with Crippen LogP contribution in [0.4, 0.5) is 15.8 Å². The van der Waals surface area contributed by atoms with E-state index in [1.807, 2.05) is 0 Å². The van der Waals surface area contributed by atoms with Gasteiger partial charge in [0.25, 0.3) is 5.91 Å². The number of carbonyl (C=O) groups is 1. The van der Waals surface area contributed by atoms with Gasteiger partial charge >= 0.3 is 5.69 Å². The average Bonchev–Trinajstić information content (AvgIpc) is 2.99. The Bertz CT molecular complexity index is 1230. The molecule has 0 saturated heterocycles. The Hall–Kier alpha value is -3.94. The highest BCUT2D eigenvalue weighted by atomic mass is 19.1. The van der Waals surface area contributed by atoms with E-state index in [9.17, 15) is 14.0 Å². The van der Waals surface area contributed by atoms with Gasteiger partial charge in [-0.2, -0.15) is 0 Å². The number of rotatable bonds is 4. The van der Waals surface area contributed by atoms with Crippen molar-refractivity contribution in [1.29, 1.82) is 0 Å². The van der Waals surface area contributed by atoms with Crippen molar-refractivity contribution in [3.05, 3.63) is 88.4 Å². The fourth-order valence-corrected chi connectivity index (χ4v) is 2.93. The van der Waals surface area contributed by atoms with E-state index in [0.29, 0.717) is 28.0 Å². The number of nitrogens with one attached hydrogen (secondary N) is 2. The van der Waals surface area contributed by atoms with Crippen LogP contribution in [0.3, 0.4) is 0 Å². The highest BCUT2D eigenvalue weighted by molar-refractivity contribution is 6.05. The van der Waals surface area contributed by atoms with E-state index in [4.69, 9.17) is 5.73 Å². The van der Waals surface area contributed by atoms with Crippen LogP contribution in [0.25, 0.3) is 11.0 Å². The number of pyridine rings is 1. The summed E-state index contributed by atoms with van der Waals surface area (Å²) in [5, 5.41) is 2.70. The largest absolute Gasteiger partial charge is 0.397 e. The minimum Gasteiger partial charge on any atom is -0.397 e. The maximum atomic E-state index is 13.5. The number of fused-ring (bicyclic) bond motifs is 1. The monoisotopic (exact) mass is 377 g/mol. The van der Waals surface area contributed by atoms with E-state index in [2.05, 4.69) is 15.3 Å². The fourth-order valence-electron chi connectivity index (χ4n) is 2.93. The maximum absolute atomic E-state index is 13.5. The Balaban J connectivity index is 1.55. The Morgan fingerprint density at radius 1 is 1.18 bits per heavy atom. The first kappa shape index (κ1) is 17.5. The van der Waals surface area contributed by atoms with Gasteiger partial charge in [0, 0.05) is 11.8 Å². The topological polar surface area (TPSA) is 106 Å². The molecule has 0 aliphatic rings. The minimum absolute atomic E-state index is 0.250. The van der Waals surface area contributed by atoms with Crippen LogP contribution in [0.15, 0.2) is 65.7 Å². The molecule has 0 saturated carbocycles. The molecule has 28 heavy (non-hydrogen) atoms. The van der Waals surface area contributed by atoms with Crippen LogP contribution in [0.2, 0.25) is 0 Å². The quantitative estimate of drug-likeness (QED) is 0.508. The standard InChI is InChI=1S/C20H16FN5O2/c21-14-5-6-16-18(9-14)26(20(28)25-16)11-12-1-3-13(4-2-12)19(27)24-17-10-23-8-7-15(17)22/h1-10H,11H2,(H2,22,23)(H,24,27)(H,25,28). The molecule has 1 amide bonds. The molecule has 0 aliphatic carbocycles. The molecule has 7 nitrogen and oxygen atoms in total. The molecular weight excluding hydrogens is 361 g/mol. The van der Waals surface area contributed by atoms with E-state index in [1.54, 1.807) is 30.3 Å². The maximum Gasteiger partial charge on any atom is 0.326 e. The van der Waals surface area contributed by atoms with Crippen molar-refractivity contribution < 1.29 is 9.18 Å². The van der Waals surface area contributed by atoms with Crippen LogP contribution in [0.5, 0.6) is 0 Å². The van der Waals surface area contributed by atoms with Crippen LogP contribution in [-0.2, 0) is 6.54 Å². The number of H-pyrrole nitrogens is 1. The Kier molecular flexibility index (Phi) is 4.36. The lowest BCUT2D eigenvalue weighted by atomic mass is 10.1. The van der Waals surface area contributed by atoms with Crippen molar-refractivity contribution in [3.63, 3.8) is 0 Å². The number of hydrogen-bond acceptors (Lipinski definition) is 4. The summed E-state index contributed by atoms with van der Waals surface area (Å²) in [7, 11) is 0. The van der Waals surface area contributed by atoms with Crippen molar-refractivity contribution in [2.75, 3.05) is 11.1 Å². The number of aromatic amines is 1. The lowest BCUT2D eigenvalue weighted by Gasteiger charge is -2.08. The van der Waals surface area contributed by atoms with Gasteiger partial charge in [-0.1, -0.05) is 12.1 Å². The number of anilines is 2. The van der Waals surface area contributed by atoms with E-state index in [1.165, 1.54) is 35.2 Å². The predicted molar refractivity (Wildman–Crippen MR) is 105 cm³/mol. The number of aromatic nitrogens is 3. The molecule has 2 aromatic heterocycles. The van der Waals surface area contributed by atoms with Gasteiger partial charge in [-0.25, -0.2) is 9.18 Å². The molecule has 8 heteroatoms. The predicted octanol–water partition coefficient (Wildman–Crippen LogP) is 2.75. The van der Waals surface area contributed by atoms with Crippen LogP contribution >= 0.6 is 0 Å². The van der Waals surface area contributed by atoms with Crippen molar-refractivity contribution in [1.82, 2.24) is 14.5 Å². The zero-order valence-corrected chi connectivity index (χ0v) is 14.6. The van der Waals surface area contributed by atoms with E-state index in [0.717, 1.165) is 5.56 Å². The highest BCUT2D eigenvalue weighted by Gasteiger charge is 2.11. The smallest absolute Gasteiger partial charge is 0.326 e. The first-order chi connectivity index (χ1) is 13.5. The summed E-state index contributed by atoms with van der Waals surface area (Å²) in [6.07, 6.45) is 3.02. The number of amides is 1. The molecular formula is C20H16FN5O2. The molecule has 0 spiro atoms. The van der Waals surface area contributed by atoms with Gasteiger partial charge in [-0.15, -0.1) is 0 Å². The molecule has 4 rings (SSSR count). The van der Waals surface area contributed by atoms with E-state index < -0.39 is 5.82 Å². The van der Waals surface area contributed by atoms with Crippen molar-refractivity contribution in [3.8, 4) is 0 Å². The Morgan fingerprint density at radius 2 is 1.96 bits per heavy atom. The number of hydrogen-bond donors (Lipinski definition) is 3. The molecule has 0 radical (unpaired) electrons. The summed E-state index contributed by atoms with van der Waals surface area (Å²) in [6, 6.07) is 12.5. The SMILES string of the molecule is Nc1ccncc1NC(=O)c1ccc(Cn2c(=O)[nH]c3ccc(F)cc32)cc1. The molecule has 140 valence electrons. The summed E-state index contributed by atoms with van der Waals surface area (Å²) in [4.78, 5) is 31.2. The number of nitrogens with two attached hydrogens (primary N) is 1. The molecule has 0 bridgehead atoms. The summed E-state index contributed by atoms with van der Waals surface area (Å²) in [5.41, 5.74) is 8.61. The Morgan fingerprint density at radius 3 is 2.71 bits per heavy atom. The molecule has 2 heterocycles. The second kappa shape index (κ2) is 6.99. The first-order valence-electron chi connectivity index (χ1n) is 8.49. The van der Waals surface area contributed by atoms with E-state index >= 15 is 0 Å². The molecule has 0 unspecified atom stereocenters. The number of benzene rings is 2. The fraction of sp³-hybridized carbons (Fsp3) is 0.0500. The van der Waals surface area contributed by atoms with E-state index in [-0.39, 0.29) is 18.1 Å². The van der Waals surface area contributed by atoms with Gasteiger partial charge in [0.15, 0.2) is 0 Å². The lowest BCUT2D eigenvalue weighted by Crippen LogP contribution is -2.17. The minimum atomic E-state index is -0.415. The highest BCUT2D eigenvalue weighted by Crippen LogP contribution is 2.17. The third kappa shape index (κ3) is 3.35. The molecule has 0 atom stereocenters. The van der Waals surface area contributed by atoms with Crippen LogP contribution in [0.1, 0.15) is 15.9 Å². The van der Waals surface area contributed by atoms with Gasteiger partial charge in [-0.3, -0.25) is 14.3 Å². The summed E-state index contributed by atoms with van der Waals surface area (Å²) >= 11 is 0. The van der Waals surface area contributed by atoms with Crippen molar-refractivity contribution >= 4 is 28.3 Å². The molecule has 0 aliphatic heterocycles. The molecule has 4 N–H and O–H groups in total. The summed E-state index contributed by atoms with van der Waals surface area (Å²) < 4.78 is 15.0. The zero-order chi connectivity index (χ0) is 19.7. The summed E-state index contributed by atoms with van der Waals surface area (Å²) in [6.45, 7) is 0.250. The van der Waals surface area contributed by atoms with Gasteiger partial charge in [-0.05, 0) is 42.0 Å².